The molecule has 8 heteroatoms. The molecule has 242 valence electrons. The number of hydrogen-bond donors (Lipinski definition) is 1. The number of rotatable bonds is 11. The number of hydrogen-bond acceptors (Lipinski definition) is 5. The molecule has 0 saturated heterocycles. The van der Waals surface area contributed by atoms with E-state index in [1.165, 1.54) is 0 Å². The van der Waals surface area contributed by atoms with Crippen LogP contribution in [0.2, 0.25) is 0 Å². The van der Waals surface area contributed by atoms with Crippen LogP contribution in [0.3, 0.4) is 0 Å². The maximum atomic E-state index is 12.1. The molecule has 2 heterocycles. The van der Waals surface area contributed by atoms with Crippen LogP contribution in [0.5, 0.6) is 0 Å². The van der Waals surface area contributed by atoms with Crippen LogP contribution < -0.4 is 0 Å². The first-order chi connectivity index (χ1) is 24.0. The Morgan fingerprint density at radius 1 is 0.714 bits per heavy atom. The zero-order chi connectivity index (χ0) is 33.8. The summed E-state index contributed by atoms with van der Waals surface area (Å²) in [6, 6.07) is 47.5. The molecular weight excluding hydrogens is 608 g/mol. The molecule has 49 heavy (non-hydrogen) atoms. The van der Waals surface area contributed by atoms with E-state index in [1.54, 1.807) is 6.92 Å². The highest BCUT2D eigenvalue weighted by molar-refractivity contribution is 5.87. The van der Waals surface area contributed by atoms with Gasteiger partial charge in [0.1, 0.15) is 11.4 Å². The molecule has 7 aromatic rings. The van der Waals surface area contributed by atoms with E-state index in [-0.39, 0.29) is 5.69 Å². The Hall–Kier alpha value is -6.15. The van der Waals surface area contributed by atoms with Crippen molar-refractivity contribution in [2.45, 2.75) is 38.8 Å². The van der Waals surface area contributed by atoms with Gasteiger partial charge < -0.3 is 9.67 Å². The molecule has 0 saturated carbocycles. The van der Waals surface area contributed by atoms with Crippen molar-refractivity contribution >= 4 is 5.97 Å². The number of aromatic nitrogens is 6. The van der Waals surface area contributed by atoms with Crippen molar-refractivity contribution in [2.24, 2.45) is 0 Å². The number of carboxylic acids is 1. The molecule has 0 radical (unpaired) electrons. The normalized spacial score (nSPS) is 11.5. The number of carboxylic acid groups (broad SMARTS) is 1. The Kier molecular flexibility index (Phi) is 8.68. The minimum atomic E-state index is -0.965. The minimum Gasteiger partial charge on any atom is -0.477 e. The second-order valence-corrected chi connectivity index (χ2v) is 12.1. The van der Waals surface area contributed by atoms with Crippen LogP contribution in [0.1, 0.15) is 57.6 Å². The van der Waals surface area contributed by atoms with Crippen LogP contribution in [0.4, 0.5) is 0 Å². The number of benzene rings is 5. The number of imidazole rings is 1. The average Bonchev–Trinajstić information content (AvgIpc) is 3.75. The van der Waals surface area contributed by atoms with Crippen LogP contribution in [-0.4, -0.2) is 40.8 Å². The van der Waals surface area contributed by atoms with Gasteiger partial charge >= 0.3 is 5.97 Å². The molecule has 0 unspecified atom stereocenters. The largest absolute Gasteiger partial charge is 0.477 e. The third-order valence-corrected chi connectivity index (χ3v) is 9.03. The molecule has 5 aromatic carbocycles. The van der Waals surface area contributed by atoms with Gasteiger partial charge in [-0.25, -0.2) is 14.5 Å². The third kappa shape index (κ3) is 5.71. The first-order valence-corrected chi connectivity index (χ1v) is 16.5. The van der Waals surface area contributed by atoms with Gasteiger partial charge in [0, 0.05) is 18.5 Å². The maximum Gasteiger partial charge on any atom is 0.354 e. The topological polar surface area (TPSA) is 98.7 Å². The fourth-order valence-electron chi connectivity index (χ4n) is 6.87. The molecule has 0 amide bonds. The van der Waals surface area contributed by atoms with E-state index >= 15 is 0 Å². The van der Waals surface area contributed by atoms with Crippen LogP contribution in [-0.2, 0) is 18.5 Å². The summed E-state index contributed by atoms with van der Waals surface area (Å²) in [5, 5.41) is 23.6. The van der Waals surface area contributed by atoms with E-state index in [9.17, 15) is 9.90 Å². The van der Waals surface area contributed by atoms with Gasteiger partial charge in [0.15, 0.2) is 11.5 Å². The molecule has 7 rings (SSSR count). The summed E-state index contributed by atoms with van der Waals surface area (Å²) in [7, 11) is 0. The summed E-state index contributed by atoms with van der Waals surface area (Å²) in [5.41, 5.74) is 6.83. The number of nitrogens with zero attached hydrogens (tertiary/aromatic N) is 6. The molecular formula is C41H36N6O2. The lowest BCUT2D eigenvalue weighted by Crippen LogP contribution is -2.39. The molecule has 0 aliphatic carbocycles. The van der Waals surface area contributed by atoms with E-state index < -0.39 is 11.5 Å². The summed E-state index contributed by atoms with van der Waals surface area (Å²) in [6.07, 6.45) is 1.59. The summed E-state index contributed by atoms with van der Waals surface area (Å²) >= 11 is 0. The Bertz CT molecular complexity index is 2090. The summed E-state index contributed by atoms with van der Waals surface area (Å²) in [4.78, 5) is 16.7. The Morgan fingerprint density at radius 2 is 1.24 bits per heavy atom. The van der Waals surface area contributed by atoms with Crippen molar-refractivity contribution in [2.75, 3.05) is 0 Å². The van der Waals surface area contributed by atoms with Gasteiger partial charge in [0.25, 0.3) is 0 Å². The zero-order valence-electron chi connectivity index (χ0n) is 27.4. The lowest BCUT2D eigenvalue weighted by Gasteiger charge is -2.36. The van der Waals surface area contributed by atoms with Crippen molar-refractivity contribution in [1.82, 2.24) is 29.8 Å². The zero-order valence-corrected chi connectivity index (χ0v) is 27.4. The molecule has 8 nitrogen and oxygen atoms in total. The molecule has 0 bridgehead atoms. The van der Waals surface area contributed by atoms with Gasteiger partial charge in [-0.15, -0.1) is 5.10 Å². The van der Waals surface area contributed by atoms with Crippen molar-refractivity contribution in [1.29, 1.82) is 0 Å². The van der Waals surface area contributed by atoms with Gasteiger partial charge in [-0.1, -0.05) is 146 Å². The van der Waals surface area contributed by atoms with Crippen LogP contribution in [0, 0.1) is 6.92 Å². The minimum absolute atomic E-state index is 0.239. The number of carbonyl (C=O) groups is 1. The fourth-order valence-corrected chi connectivity index (χ4v) is 6.87. The molecule has 0 aliphatic rings. The van der Waals surface area contributed by atoms with E-state index in [1.807, 2.05) is 88.1 Å². The number of tetrazole rings is 1. The van der Waals surface area contributed by atoms with Gasteiger partial charge in [-0.05, 0) is 57.2 Å². The van der Waals surface area contributed by atoms with Gasteiger partial charge in [-0.3, -0.25) is 0 Å². The molecule has 1 N–H and O–H groups in total. The molecule has 0 atom stereocenters. The lowest BCUT2D eigenvalue weighted by molar-refractivity contribution is 0.0684. The Balaban J connectivity index is 1.35. The molecule has 0 fully saturated rings. The van der Waals surface area contributed by atoms with Gasteiger partial charge in [-0.2, -0.15) is 0 Å². The van der Waals surface area contributed by atoms with E-state index in [0.29, 0.717) is 24.5 Å². The highest BCUT2D eigenvalue weighted by Crippen LogP contribution is 2.43. The van der Waals surface area contributed by atoms with Crippen LogP contribution >= 0.6 is 0 Å². The molecule has 0 spiro atoms. The second-order valence-electron chi connectivity index (χ2n) is 12.1. The predicted molar refractivity (Wildman–Crippen MR) is 190 cm³/mol. The average molecular weight is 645 g/mol. The van der Waals surface area contributed by atoms with Crippen molar-refractivity contribution in [3.8, 4) is 22.5 Å². The summed E-state index contributed by atoms with van der Waals surface area (Å²) in [5.74, 6) is 0.450. The number of aromatic carboxylic acids is 1. The highest BCUT2D eigenvalue weighted by atomic mass is 16.4. The number of aryl methyl sites for hydroxylation is 2. The highest BCUT2D eigenvalue weighted by Gasteiger charge is 2.42. The standard InChI is InChI=1S/C41H36N6O2/c1-3-15-37-42-29(2)38(40(48)49)46(37)28-30-24-26-31(27-25-30)35-22-13-14-23-36(35)39-43-44-45-47(39)41(32-16-7-4-8-17-32,33-18-9-5-10-19-33)34-20-11-6-12-21-34/h4-14,16-27H,3,15,28H2,1-2H3,(H,48,49). The van der Waals surface area contributed by atoms with Crippen molar-refractivity contribution in [3.63, 3.8) is 0 Å². The predicted octanol–water partition coefficient (Wildman–Crippen LogP) is 8.05. The Morgan fingerprint density at radius 3 is 1.78 bits per heavy atom. The van der Waals surface area contributed by atoms with E-state index in [4.69, 9.17) is 5.21 Å². The lowest BCUT2D eigenvalue weighted by atomic mass is 9.77. The van der Waals surface area contributed by atoms with Crippen LogP contribution in [0.25, 0.3) is 22.5 Å². The van der Waals surface area contributed by atoms with Gasteiger partial charge in [0.2, 0.25) is 0 Å². The SMILES string of the molecule is CCCc1nc(C)c(C(=O)O)n1Cc1ccc(-c2ccccc2-c2nnnn2C(c2ccccc2)(c2ccccc2)c2ccccc2)cc1. The van der Waals surface area contributed by atoms with Crippen molar-refractivity contribution in [3.05, 3.63) is 179 Å². The second kappa shape index (κ2) is 13.5. The monoisotopic (exact) mass is 644 g/mol. The van der Waals surface area contributed by atoms with Crippen molar-refractivity contribution < 1.29 is 9.90 Å². The van der Waals surface area contributed by atoms with Crippen LogP contribution in [0.15, 0.2) is 140 Å². The van der Waals surface area contributed by atoms with E-state index in [2.05, 4.69) is 82.9 Å². The molecule has 0 aliphatic heterocycles. The molecule has 2 aromatic heterocycles. The smallest absolute Gasteiger partial charge is 0.354 e. The first-order valence-electron chi connectivity index (χ1n) is 16.5. The third-order valence-electron chi connectivity index (χ3n) is 9.03. The Labute approximate surface area is 285 Å². The summed E-state index contributed by atoms with van der Waals surface area (Å²) in [6.45, 7) is 4.25. The first kappa shape index (κ1) is 31.4. The van der Waals surface area contributed by atoms with E-state index in [0.717, 1.165) is 51.2 Å². The maximum absolute atomic E-state index is 12.1. The fraction of sp³-hybridized carbons (Fsp3) is 0.146. The quantitative estimate of drug-likeness (QED) is 0.143. The summed E-state index contributed by atoms with van der Waals surface area (Å²) < 4.78 is 3.78. The van der Waals surface area contributed by atoms with Gasteiger partial charge in [0.05, 0.1) is 5.69 Å².